The lowest BCUT2D eigenvalue weighted by molar-refractivity contribution is 0.551. The second-order valence-electron chi connectivity index (χ2n) is 4.39. The predicted molar refractivity (Wildman–Crippen MR) is 68.1 cm³/mol. The Kier molecular flexibility index (Phi) is 4.15. The number of rotatable bonds is 5. The SMILES string of the molecule is O=S(=O)(Cc1ccccc1)NCC1CCCN1. The van der Waals surface area contributed by atoms with Crippen LogP contribution in [-0.2, 0) is 15.8 Å². The van der Waals surface area contributed by atoms with Gasteiger partial charge in [-0.2, -0.15) is 0 Å². The van der Waals surface area contributed by atoms with E-state index in [4.69, 9.17) is 0 Å². The van der Waals surface area contributed by atoms with Gasteiger partial charge in [0.1, 0.15) is 0 Å². The van der Waals surface area contributed by atoms with Crippen LogP contribution in [-0.4, -0.2) is 27.5 Å². The molecule has 0 radical (unpaired) electrons. The van der Waals surface area contributed by atoms with Crippen LogP contribution in [0.2, 0.25) is 0 Å². The van der Waals surface area contributed by atoms with Gasteiger partial charge in [-0.1, -0.05) is 30.3 Å². The Bertz CT molecular complexity index is 439. The fourth-order valence-electron chi connectivity index (χ4n) is 2.00. The van der Waals surface area contributed by atoms with Crippen molar-refractivity contribution < 1.29 is 8.42 Å². The van der Waals surface area contributed by atoms with Crippen molar-refractivity contribution in [3.8, 4) is 0 Å². The molecule has 0 spiro atoms. The molecule has 0 aliphatic carbocycles. The van der Waals surface area contributed by atoms with Gasteiger partial charge >= 0.3 is 0 Å². The molecule has 0 aromatic heterocycles. The van der Waals surface area contributed by atoms with Crippen LogP contribution in [0.4, 0.5) is 0 Å². The van der Waals surface area contributed by atoms with Crippen LogP contribution in [0.25, 0.3) is 0 Å². The first-order chi connectivity index (χ1) is 8.16. The summed E-state index contributed by atoms with van der Waals surface area (Å²) in [6.45, 7) is 1.49. The molecule has 1 aliphatic rings. The van der Waals surface area contributed by atoms with Crippen molar-refractivity contribution in [3.05, 3.63) is 35.9 Å². The molecular weight excluding hydrogens is 236 g/mol. The summed E-state index contributed by atoms with van der Waals surface area (Å²) in [5.41, 5.74) is 0.819. The van der Waals surface area contributed by atoms with Crippen LogP contribution < -0.4 is 10.0 Å². The molecule has 0 saturated carbocycles. The summed E-state index contributed by atoms with van der Waals surface area (Å²) < 4.78 is 26.3. The second-order valence-corrected chi connectivity index (χ2v) is 6.19. The van der Waals surface area contributed by atoms with Crippen molar-refractivity contribution >= 4 is 10.0 Å². The van der Waals surface area contributed by atoms with Gasteiger partial charge in [-0.15, -0.1) is 0 Å². The minimum absolute atomic E-state index is 0.0561. The van der Waals surface area contributed by atoms with Gasteiger partial charge in [0.25, 0.3) is 0 Å². The first-order valence-electron chi connectivity index (χ1n) is 5.90. The van der Waals surface area contributed by atoms with Crippen LogP contribution in [0.3, 0.4) is 0 Å². The first kappa shape index (κ1) is 12.5. The molecule has 1 aromatic rings. The maximum atomic E-state index is 11.8. The summed E-state index contributed by atoms with van der Waals surface area (Å²) in [5.74, 6) is 0.0561. The second kappa shape index (κ2) is 5.62. The number of nitrogens with one attached hydrogen (secondary N) is 2. The molecule has 1 saturated heterocycles. The van der Waals surface area contributed by atoms with Gasteiger partial charge in [0.2, 0.25) is 10.0 Å². The largest absolute Gasteiger partial charge is 0.313 e. The quantitative estimate of drug-likeness (QED) is 0.819. The van der Waals surface area contributed by atoms with Crippen molar-refractivity contribution in [2.24, 2.45) is 0 Å². The van der Waals surface area contributed by atoms with Gasteiger partial charge in [-0.05, 0) is 24.9 Å². The van der Waals surface area contributed by atoms with Gasteiger partial charge in [0, 0.05) is 12.6 Å². The van der Waals surface area contributed by atoms with E-state index < -0.39 is 10.0 Å². The lowest BCUT2D eigenvalue weighted by Crippen LogP contribution is -2.37. The summed E-state index contributed by atoms with van der Waals surface area (Å²) in [4.78, 5) is 0. The molecule has 17 heavy (non-hydrogen) atoms. The maximum Gasteiger partial charge on any atom is 0.215 e. The minimum Gasteiger partial charge on any atom is -0.313 e. The molecule has 5 heteroatoms. The number of hydrogen-bond acceptors (Lipinski definition) is 3. The van der Waals surface area contributed by atoms with Gasteiger partial charge < -0.3 is 5.32 Å². The molecule has 1 aromatic carbocycles. The third-order valence-corrected chi connectivity index (χ3v) is 4.23. The topological polar surface area (TPSA) is 58.2 Å². The fourth-order valence-corrected chi connectivity index (χ4v) is 3.19. The predicted octanol–water partition coefficient (Wildman–Crippen LogP) is 0.858. The van der Waals surface area contributed by atoms with Crippen molar-refractivity contribution in [1.29, 1.82) is 0 Å². The highest BCUT2D eigenvalue weighted by atomic mass is 32.2. The van der Waals surface area contributed by atoms with Crippen LogP contribution >= 0.6 is 0 Å². The Hall–Kier alpha value is -0.910. The van der Waals surface area contributed by atoms with E-state index in [0.29, 0.717) is 12.6 Å². The zero-order valence-electron chi connectivity index (χ0n) is 9.72. The summed E-state index contributed by atoms with van der Waals surface area (Å²) in [5, 5.41) is 3.27. The maximum absolute atomic E-state index is 11.8. The van der Waals surface area contributed by atoms with E-state index in [0.717, 1.165) is 24.9 Å². The summed E-state index contributed by atoms with van der Waals surface area (Å²) in [7, 11) is -3.21. The smallest absolute Gasteiger partial charge is 0.215 e. The summed E-state index contributed by atoms with van der Waals surface area (Å²) in [6, 6.07) is 9.53. The molecule has 1 fully saturated rings. The molecule has 2 N–H and O–H groups in total. The van der Waals surface area contributed by atoms with Crippen molar-refractivity contribution in [2.45, 2.75) is 24.6 Å². The molecule has 4 nitrogen and oxygen atoms in total. The van der Waals surface area contributed by atoms with Crippen molar-refractivity contribution in [3.63, 3.8) is 0 Å². The Morgan fingerprint density at radius 2 is 2.06 bits per heavy atom. The Labute approximate surface area is 102 Å². The number of hydrogen-bond donors (Lipinski definition) is 2. The third-order valence-electron chi connectivity index (χ3n) is 2.91. The molecule has 1 aliphatic heterocycles. The van der Waals surface area contributed by atoms with E-state index in [1.165, 1.54) is 0 Å². The van der Waals surface area contributed by atoms with Gasteiger partial charge in [-0.25, -0.2) is 13.1 Å². The first-order valence-corrected chi connectivity index (χ1v) is 7.55. The molecule has 1 atom stereocenters. The zero-order chi connectivity index (χ0) is 12.1. The average Bonchev–Trinajstić information content (AvgIpc) is 2.80. The molecule has 1 unspecified atom stereocenters. The highest BCUT2D eigenvalue weighted by Crippen LogP contribution is 2.06. The molecular formula is C12H18N2O2S. The molecule has 0 amide bonds. The normalized spacial score (nSPS) is 20.6. The fraction of sp³-hybridized carbons (Fsp3) is 0.500. The van der Waals surface area contributed by atoms with Gasteiger partial charge in [0.15, 0.2) is 0 Å². The van der Waals surface area contributed by atoms with E-state index in [9.17, 15) is 8.42 Å². The van der Waals surface area contributed by atoms with E-state index in [1.807, 2.05) is 30.3 Å². The Morgan fingerprint density at radius 3 is 2.71 bits per heavy atom. The highest BCUT2D eigenvalue weighted by molar-refractivity contribution is 7.88. The minimum atomic E-state index is -3.21. The van der Waals surface area contributed by atoms with Crippen molar-refractivity contribution in [1.82, 2.24) is 10.0 Å². The van der Waals surface area contributed by atoms with E-state index in [-0.39, 0.29) is 5.75 Å². The Morgan fingerprint density at radius 1 is 1.29 bits per heavy atom. The van der Waals surface area contributed by atoms with Crippen molar-refractivity contribution in [2.75, 3.05) is 13.1 Å². The monoisotopic (exact) mass is 254 g/mol. The zero-order valence-corrected chi connectivity index (χ0v) is 10.5. The average molecular weight is 254 g/mol. The Balaban J connectivity index is 1.86. The summed E-state index contributed by atoms with van der Waals surface area (Å²) >= 11 is 0. The standard InChI is InChI=1S/C12H18N2O2S/c15-17(16,10-11-5-2-1-3-6-11)14-9-12-7-4-8-13-12/h1-3,5-6,12-14H,4,7-10H2. The van der Waals surface area contributed by atoms with Crippen LogP contribution in [0.15, 0.2) is 30.3 Å². The lowest BCUT2D eigenvalue weighted by Gasteiger charge is -2.11. The van der Waals surface area contributed by atoms with Gasteiger partial charge in [-0.3, -0.25) is 0 Å². The third kappa shape index (κ3) is 4.11. The van der Waals surface area contributed by atoms with E-state index >= 15 is 0 Å². The van der Waals surface area contributed by atoms with Gasteiger partial charge in [0.05, 0.1) is 5.75 Å². The highest BCUT2D eigenvalue weighted by Gasteiger charge is 2.17. The molecule has 1 heterocycles. The lowest BCUT2D eigenvalue weighted by atomic mass is 10.2. The van der Waals surface area contributed by atoms with Crippen LogP contribution in [0.5, 0.6) is 0 Å². The number of benzene rings is 1. The summed E-state index contributed by atoms with van der Waals surface area (Å²) in [6.07, 6.45) is 2.18. The van der Waals surface area contributed by atoms with E-state index in [1.54, 1.807) is 0 Å². The molecule has 94 valence electrons. The number of sulfonamides is 1. The van der Waals surface area contributed by atoms with Crippen LogP contribution in [0, 0.1) is 0 Å². The molecule has 2 rings (SSSR count). The van der Waals surface area contributed by atoms with Crippen LogP contribution in [0.1, 0.15) is 18.4 Å². The van der Waals surface area contributed by atoms with E-state index in [2.05, 4.69) is 10.0 Å². The molecule has 0 bridgehead atoms.